The van der Waals surface area contributed by atoms with Crippen molar-refractivity contribution in [3.63, 3.8) is 0 Å². The molecular formula is C27H36N4O2. The highest BCUT2D eigenvalue weighted by molar-refractivity contribution is 5.94. The minimum absolute atomic E-state index is 0.0505. The fourth-order valence-corrected chi connectivity index (χ4v) is 5.97. The molecule has 1 aromatic carbocycles. The second kappa shape index (κ2) is 9.82. The maximum atomic E-state index is 13.3. The van der Waals surface area contributed by atoms with E-state index in [4.69, 9.17) is 9.84 Å². The number of hydrogen-bond acceptors (Lipinski definition) is 4. The van der Waals surface area contributed by atoms with Crippen LogP contribution in [0.15, 0.2) is 43.0 Å². The van der Waals surface area contributed by atoms with Crippen LogP contribution < -0.4 is 5.32 Å². The average molecular weight is 449 g/mol. The summed E-state index contributed by atoms with van der Waals surface area (Å²) < 4.78 is 7.44. The van der Waals surface area contributed by atoms with E-state index in [1.165, 1.54) is 36.9 Å². The molecule has 2 fully saturated rings. The normalized spacial score (nSPS) is 22.2. The smallest absolute Gasteiger partial charge is 0.274 e. The van der Waals surface area contributed by atoms with E-state index >= 15 is 0 Å². The Kier molecular flexibility index (Phi) is 6.65. The van der Waals surface area contributed by atoms with Crippen LogP contribution in [-0.4, -0.2) is 59.5 Å². The van der Waals surface area contributed by atoms with Crippen LogP contribution in [0.4, 0.5) is 0 Å². The van der Waals surface area contributed by atoms with E-state index in [2.05, 4.69) is 42.2 Å². The largest absolute Gasteiger partial charge is 0.378 e. The van der Waals surface area contributed by atoms with Crippen LogP contribution in [0.25, 0.3) is 0 Å². The molecule has 1 atom stereocenters. The van der Waals surface area contributed by atoms with Gasteiger partial charge in [-0.25, -0.2) is 0 Å². The highest BCUT2D eigenvalue weighted by Gasteiger charge is 2.37. The van der Waals surface area contributed by atoms with Gasteiger partial charge in [0.2, 0.25) is 0 Å². The first-order valence-electron chi connectivity index (χ1n) is 12.6. The zero-order valence-corrected chi connectivity index (χ0v) is 19.6. The van der Waals surface area contributed by atoms with E-state index in [0.717, 1.165) is 31.4 Å². The number of allylic oxidation sites excluding steroid dienone is 1. The number of amides is 1. The second-order valence-electron chi connectivity index (χ2n) is 9.82. The summed E-state index contributed by atoms with van der Waals surface area (Å²) in [5, 5.41) is 8.70. The van der Waals surface area contributed by atoms with Crippen molar-refractivity contribution >= 4 is 5.91 Å². The van der Waals surface area contributed by atoms with Crippen LogP contribution in [0.3, 0.4) is 0 Å². The molecule has 0 unspecified atom stereocenters. The Morgan fingerprint density at radius 1 is 1.21 bits per heavy atom. The van der Waals surface area contributed by atoms with E-state index < -0.39 is 0 Å². The van der Waals surface area contributed by atoms with E-state index in [1.807, 2.05) is 15.7 Å². The van der Waals surface area contributed by atoms with Crippen LogP contribution >= 0.6 is 0 Å². The third kappa shape index (κ3) is 4.51. The number of nitrogens with zero attached hydrogens (tertiary/aromatic N) is 3. The molecule has 2 aliphatic carbocycles. The molecule has 33 heavy (non-hydrogen) atoms. The lowest BCUT2D eigenvalue weighted by atomic mass is 9.78. The SMILES string of the molecule is C=CCn1nc(C(=O)N2CCOCC2)c2c1CC[C@@H](NCC1(c3ccccc3)CCCC1)C2. The number of ether oxygens (including phenoxy) is 1. The molecule has 1 aliphatic heterocycles. The van der Waals surface area contributed by atoms with Crippen molar-refractivity contribution in [1.29, 1.82) is 0 Å². The molecule has 1 aromatic heterocycles. The average Bonchev–Trinajstić information content (AvgIpc) is 3.49. The molecule has 6 heteroatoms. The zero-order valence-electron chi connectivity index (χ0n) is 19.6. The standard InChI is InChI=1S/C27H36N4O2/c1-2-14-31-24-11-10-22(19-23(24)25(29-31)26(32)30-15-17-33-18-16-30)28-20-27(12-6-7-13-27)21-8-4-3-5-9-21/h2-5,8-9,22,28H,1,6-7,10-20H2/t22-/m1/s1. The van der Waals surface area contributed by atoms with Crippen molar-refractivity contribution in [3.8, 4) is 0 Å². The number of rotatable bonds is 7. The number of carbonyl (C=O) groups excluding carboxylic acids is 1. The Morgan fingerprint density at radius 2 is 1.97 bits per heavy atom. The minimum Gasteiger partial charge on any atom is -0.378 e. The minimum atomic E-state index is 0.0505. The molecule has 3 aliphatic rings. The Hall–Kier alpha value is -2.44. The summed E-state index contributed by atoms with van der Waals surface area (Å²) in [7, 11) is 0. The number of carbonyl (C=O) groups is 1. The zero-order chi connectivity index (χ0) is 22.7. The summed E-state index contributed by atoms with van der Waals surface area (Å²) in [6.45, 7) is 8.03. The van der Waals surface area contributed by atoms with Gasteiger partial charge in [0, 0.05) is 42.3 Å². The molecular weight excluding hydrogens is 412 g/mol. The maximum absolute atomic E-state index is 13.3. The van der Waals surface area contributed by atoms with Crippen LogP contribution in [0.2, 0.25) is 0 Å². The van der Waals surface area contributed by atoms with Crippen LogP contribution in [-0.2, 0) is 29.5 Å². The van der Waals surface area contributed by atoms with Gasteiger partial charge in [0.05, 0.1) is 19.8 Å². The van der Waals surface area contributed by atoms with Gasteiger partial charge in [0.15, 0.2) is 5.69 Å². The number of fused-ring (bicyclic) bond motifs is 1. The fraction of sp³-hybridized carbons (Fsp3) is 0.556. The van der Waals surface area contributed by atoms with Crippen LogP contribution in [0.1, 0.15) is 59.4 Å². The molecule has 1 N–H and O–H groups in total. The van der Waals surface area contributed by atoms with Crippen LogP contribution in [0.5, 0.6) is 0 Å². The number of nitrogens with one attached hydrogen (secondary N) is 1. The monoisotopic (exact) mass is 448 g/mol. The fourth-order valence-electron chi connectivity index (χ4n) is 5.97. The Labute approximate surface area is 197 Å². The van der Waals surface area contributed by atoms with Gasteiger partial charge < -0.3 is 15.0 Å². The maximum Gasteiger partial charge on any atom is 0.274 e. The molecule has 2 aromatic rings. The molecule has 1 saturated heterocycles. The molecule has 0 bridgehead atoms. The van der Waals surface area contributed by atoms with Gasteiger partial charge in [-0.15, -0.1) is 6.58 Å². The summed E-state index contributed by atoms with van der Waals surface area (Å²) >= 11 is 0. The predicted molar refractivity (Wildman–Crippen MR) is 130 cm³/mol. The molecule has 6 nitrogen and oxygen atoms in total. The van der Waals surface area contributed by atoms with Gasteiger partial charge in [0.25, 0.3) is 5.91 Å². The Morgan fingerprint density at radius 3 is 2.70 bits per heavy atom. The van der Waals surface area contributed by atoms with Gasteiger partial charge in [-0.3, -0.25) is 9.48 Å². The molecule has 5 rings (SSSR count). The van der Waals surface area contributed by atoms with Crippen molar-refractivity contribution in [3.05, 3.63) is 65.5 Å². The molecule has 0 radical (unpaired) electrons. The van der Waals surface area contributed by atoms with Gasteiger partial charge in [-0.2, -0.15) is 5.10 Å². The third-order valence-electron chi connectivity index (χ3n) is 7.83. The highest BCUT2D eigenvalue weighted by Crippen LogP contribution is 2.41. The topological polar surface area (TPSA) is 59.4 Å². The lowest BCUT2D eigenvalue weighted by Gasteiger charge is -2.34. The summed E-state index contributed by atoms with van der Waals surface area (Å²) in [5.74, 6) is 0.0505. The summed E-state index contributed by atoms with van der Waals surface area (Å²) in [4.78, 5) is 15.2. The first kappa shape index (κ1) is 22.4. The third-order valence-corrected chi connectivity index (χ3v) is 7.83. The van der Waals surface area contributed by atoms with Crippen LogP contribution in [0, 0.1) is 0 Å². The molecule has 0 spiro atoms. The Bertz CT molecular complexity index is 972. The van der Waals surface area contributed by atoms with Gasteiger partial charge in [0.1, 0.15) is 0 Å². The van der Waals surface area contributed by atoms with E-state index in [1.54, 1.807) is 0 Å². The summed E-state index contributed by atoms with van der Waals surface area (Å²) in [5.41, 5.74) is 4.69. The Balaban J connectivity index is 1.34. The molecule has 1 amide bonds. The van der Waals surface area contributed by atoms with E-state index in [-0.39, 0.29) is 11.3 Å². The lowest BCUT2D eigenvalue weighted by molar-refractivity contribution is 0.0297. The summed E-state index contributed by atoms with van der Waals surface area (Å²) in [6, 6.07) is 11.4. The van der Waals surface area contributed by atoms with Crippen molar-refractivity contribution < 1.29 is 9.53 Å². The van der Waals surface area contributed by atoms with Gasteiger partial charge in [-0.1, -0.05) is 49.2 Å². The first-order valence-corrected chi connectivity index (χ1v) is 12.6. The van der Waals surface area contributed by atoms with Gasteiger partial charge >= 0.3 is 0 Å². The predicted octanol–water partition coefficient (Wildman–Crippen LogP) is 3.50. The van der Waals surface area contributed by atoms with Crippen molar-refractivity contribution in [2.24, 2.45) is 0 Å². The van der Waals surface area contributed by atoms with Crippen molar-refractivity contribution in [1.82, 2.24) is 20.0 Å². The van der Waals surface area contributed by atoms with E-state index in [9.17, 15) is 4.79 Å². The number of morpholine rings is 1. The molecule has 176 valence electrons. The lowest BCUT2D eigenvalue weighted by Crippen LogP contribution is -2.44. The number of hydrogen-bond donors (Lipinski definition) is 1. The molecule has 2 heterocycles. The van der Waals surface area contributed by atoms with Crippen molar-refractivity contribution in [2.45, 2.75) is 62.9 Å². The summed E-state index contributed by atoms with van der Waals surface area (Å²) in [6.07, 6.45) is 9.86. The first-order chi connectivity index (χ1) is 16.2. The van der Waals surface area contributed by atoms with Gasteiger partial charge in [-0.05, 0) is 37.7 Å². The van der Waals surface area contributed by atoms with E-state index in [0.29, 0.717) is 44.6 Å². The second-order valence-corrected chi connectivity index (χ2v) is 9.82. The quantitative estimate of drug-likeness (QED) is 0.659. The molecule has 1 saturated carbocycles. The number of benzene rings is 1. The highest BCUT2D eigenvalue weighted by atomic mass is 16.5. The van der Waals surface area contributed by atoms with Crippen molar-refractivity contribution in [2.75, 3.05) is 32.8 Å². The number of aromatic nitrogens is 2.